The lowest BCUT2D eigenvalue weighted by molar-refractivity contribution is -0.147. The van der Waals surface area contributed by atoms with Gasteiger partial charge in [0.05, 0.1) is 12.4 Å². The predicted molar refractivity (Wildman–Crippen MR) is 112 cm³/mol. The molecule has 0 rings (SSSR count). The van der Waals surface area contributed by atoms with Crippen LogP contribution < -0.4 is 0 Å². The lowest BCUT2D eigenvalue weighted by Crippen LogP contribution is -2.22. The molecule has 0 fully saturated rings. The number of sulfone groups is 1. The van der Waals surface area contributed by atoms with E-state index in [4.69, 9.17) is 4.74 Å². The molecule has 0 aliphatic heterocycles. The number of methoxy groups -OCH3 is 1. The lowest BCUT2D eigenvalue weighted by atomic mass is 10.0. The van der Waals surface area contributed by atoms with Crippen LogP contribution in [-0.4, -0.2) is 45.1 Å². The van der Waals surface area contributed by atoms with E-state index in [1.165, 1.54) is 20.3 Å². The average molecular weight is 421 g/mol. The van der Waals surface area contributed by atoms with E-state index < -0.39 is 9.84 Å². The van der Waals surface area contributed by atoms with E-state index in [-0.39, 0.29) is 23.3 Å². The van der Waals surface area contributed by atoms with Crippen LogP contribution in [0.4, 0.5) is 0 Å². The molecule has 2 unspecified atom stereocenters. The number of hydrogen-bond acceptors (Lipinski definition) is 6. The van der Waals surface area contributed by atoms with Crippen molar-refractivity contribution in [2.45, 2.75) is 109 Å². The fourth-order valence-corrected chi connectivity index (χ4v) is 4.55. The first-order valence-electron chi connectivity index (χ1n) is 10.6. The molecule has 2 atom stereocenters. The van der Waals surface area contributed by atoms with Crippen LogP contribution in [-0.2, 0) is 28.9 Å². The van der Waals surface area contributed by atoms with E-state index in [9.17, 15) is 18.0 Å². The standard InChI is InChI=1S/C21H40O6S/c1-5-6-9-13-19(27-18(2)22)14-12-16-20(28(4,24)25)15-10-7-8-11-17-21(23)26-3/h19-20H,5-17H2,1-4H3. The van der Waals surface area contributed by atoms with Gasteiger partial charge in [0.25, 0.3) is 0 Å². The van der Waals surface area contributed by atoms with Crippen LogP contribution in [0.5, 0.6) is 0 Å². The molecule has 0 saturated carbocycles. The zero-order valence-corrected chi connectivity index (χ0v) is 19.0. The molecule has 166 valence electrons. The normalized spacial score (nSPS) is 13.7. The molecular weight excluding hydrogens is 380 g/mol. The van der Waals surface area contributed by atoms with Crippen molar-refractivity contribution in [3.05, 3.63) is 0 Å². The minimum atomic E-state index is -3.10. The minimum absolute atomic E-state index is 0.109. The Labute approximate surface area is 171 Å². The quantitative estimate of drug-likeness (QED) is 0.252. The Bertz CT molecular complexity index is 529. The number of carbonyl (C=O) groups excluding carboxylic acids is 2. The first-order valence-corrected chi connectivity index (χ1v) is 12.6. The maximum absolute atomic E-state index is 12.1. The van der Waals surface area contributed by atoms with Crippen molar-refractivity contribution in [2.75, 3.05) is 13.4 Å². The second-order valence-electron chi connectivity index (χ2n) is 7.64. The van der Waals surface area contributed by atoms with E-state index in [2.05, 4.69) is 11.7 Å². The van der Waals surface area contributed by atoms with Crippen LogP contribution in [0.1, 0.15) is 97.3 Å². The summed E-state index contributed by atoms with van der Waals surface area (Å²) >= 11 is 0. The second-order valence-corrected chi connectivity index (χ2v) is 9.96. The van der Waals surface area contributed by atoms with Gasteiger partial charge in [-0.2, -0.15) is 0 Å². The molecule has 0 aromatic heterocycles. The number of esters is 2. The highest BCUT2D eigenvalue weighted by Crippen LogP contribution is 2.20. The van der Waals surface area contributed by atoms with E-state index in [1.54, 1.807) is 0 Å². The van der Waals surface area contributed by atoms with E-state index >= 15 is 0 Å². The molecule has 0 aromatic carbocycles. The Balaban J connectivity index is 4.29. The summed E-state index contributed by atoms with van der Waals surface area (Å²) in [5.41, 5.74) is 0. The molecule has 0 amide bonds. The average Bonchev–Trinajstić information content (AvgIpc) is 2.61. The molecule has 0 aliphatic rings. The Morgan fingerprint density at radius 3 is 2.00 bits per heavy atom. The van der Waals surface area contributed by atoms with Gasteiger partial charge in [0, 0.05) is 19.6 Å². The number of ether oxygens (including phenoxy) is 2. The summed E-state index contributed by atoms with van der Waals surface area (Å²) in [6.45, 7) is 3.55. The van der Waals surface area contributed by atoms with Crippen molar-refractivity contribution in [1.29, 1.82) is 0 Å². The third kappa shape index (κ3) is 14.9. The number of unbranched alkanes of at least 4 members (excludes halogenated alkanes) is 5. The molecule has 7 heteroatoms. The van der Waals surface area contributed by atoms with Crippen LogP contribution in [0.25, 0.3) is 0 Å². The Hall–Kier alpha value is -1.11. The molecule has 0 aromatic rings. The van der Waals surface area contributed by atoms with Crippen molar-refractivity contribution >= 4 is 21.8 Å². The van der Waals surface area contributed by atoms with Gasteiger partial charge in [-0.3, -0.25) is 9.59 Å². The summed E-state index contributed by atoms with van der Waals surface area (Å²) in [5, 5.41) is -0.346. The predicted octanol–water partition coefficient (Wildman–Crippen LogP) is 4.60. The smallest absolute Gasteiger partial charge is 0.305 e. The number of carbonyl (C=O) groups is 2. The van der Waals surface area contributed by atoms with Gasteiger partial charge in [-0.25, -0.2) is 8.42 Å². The largest absolute Gasteiger partial charge is 0.469 e. The molecule has 0 saturated heterocycles. The molecule has 0 bridgehead atoms. The number of hydrogen-bond donors (Lipinski definition) is 0. The van der Waals surface area contributed by atoms with Gasteiger partial charge >= 0.3 is 11.9 Å². The maximum atomic E-state index is 12.1. The maximum Gasteiger partial charge on any atom is 0.305 e. The van der Waals surface area contributed by atoms with Crippen molar-refractivity contribution in [1.82, 2.24) is 0 Å². The molecule has 0 spiro atoms. The first kappa shape index (κ1) is 26.9. The van der Waals surface area contributed by atoms with Crippen LogP contribution >= 0.6 is 0 Å². The summed E-state index contributed by atoms with van der Waals surface area (Å²) in [7, 11) is -1.72. The highest BCUT2D eigenvalue weighted by molar-refractivity contribution is 7.91. The summed E-state index contributed by atoms with van der Waals surface area (Å²) in [6.07, 6.45) is 11.8. The van der Waals surface area contributed by atoms with Crippen molar-refractivity contribution < 1.29 is 27.5 Å². The lowest BCUT2D eigenvalue weighted by Gasteiger charge is -2.19. The summed E-state index contributed by atoms with van der Waals surface area (Å²) in [5.74, 6) is -0.469. The Morgan fingerprint density at radius 1 is 0.857 bits per heavy atom. The summed E-state index contributed by atoms with van der Waals surface area (Å²) < 4.78 is 34.2. The van der Waals surface area contributed by atoms with Crippen molar-refractivity contribution in [3.63, 3.8) is 0 Å². The highest BCUT2D eigenvalue weighted by atomic mass is 32.2. The highest BCUT2D eigenvalue weighted by Gasteiger charge is 2.21. The molecule has 0 N–H and O–H groups in total. The van der Waals surface area contributed by atoms with E-state index in [0.29, 0.717) is 25.7 Å². The zero-order chi connectivity index (χ0) is 21.4. The van der Waals surface area contributed by atoms with Gasteiger partial charge in [-0.15, -0.1) is 0 Å². The number of rotatable bonds is 17. The first-order chi connectivity index (χ1) is 13.2. The molecule has 0 radical (unpaired) electrons. The van der Waals surface area contributed by atoms with Gasteiger partial charge in [-0.05, 0) is 44.9 Å². The molecular formula is C21H40O6S. The van der Waals surface area contributed by atoms with Crippen LogP contribution in [0.3, 0.4) is 0 Å². The topological polar surface area (TPSA) is 86.7 Å². The van der Waals surface area contributed by atoms with Crippen LogP contribution in [0, 0.1) is 0 Å². The van der Waals surface area contributed by atoms with Gasteiger partial charge in [0.2, 0.25) is 0 Å². The summed E-state index contributed by atoms with van der Waals surface area (Å²) in [6, 6.07) is 0. The van der Waals surface area contributed by atoms with Crippen LogP contribution in [0.2, 0.25) is 0 Å². The molecule has 6 nitrogen and oxygen atoms in total. The van der Waals surface area contributed by atoms with Gasteiger partial charge in [-0.1, -0.05) is 39.0 Å². The van der Waals surface area contributed by atoms with Crippen molar-refractivity contribution in [2.24, 2.45) is 0 Å². The van der Waals surface area contributed by atoms with E-state index in [0.717, 1.165) is 57.8 Å². The Morgan fingerprint density at radius 2 is 1.43 bits per heavy atom. The zero-order valence-electron chi connectivity index (χ0n) is 18.2. The van der Waals surface area contributed by atoms with Crippen molar-refractivity contribution in [3.8, 4) is 0 Å². The second kappa shape index (κ2) is 15.8. The SMILES string of the molecule is CCCCCC(CCCC(CCCCCCC(=O)OC)S(C)(=O)=O)OC(C)=O. The molecule has 0 aliphatic carbocycles. The third-order valence-electron chi connectivity index (χ3n) is 5.00. The monoisotopic (exact) mass is 420 g/mol. The molecule has 28 heavy (non-hydrogen) atoms. The molecule has 0 heterocycles. The third-order valence-corrected chi connectivity index (χ3v) is 6.69. The fourth-order valence-electron chi connectivity index (χ4n) is 3.36. The van der Waals surface area contributed by atoms with Gasteiger partial charge < -0.3 is 9.47 Å². The minimum Gasteiger partial charge on any atom is -0.469 e. The summed E-state index contributed by atoms with van der Waals surface area (Å²) in [4.78, 5) is 22.4. The fraction of sp³-hybridized carbons (Fsp3) is 0.905. The van der Waals surface area contributed by atoms with Gasteiger partial charge in [0.15, 0.2) is 0 Å². The van der Waals surface area contributed by atoms with Gasteiger partial charge in [0.1, 0.15) is 15.9 Å². The van der Waals surface area contributed by atoms with E-state index in [1.807, 2.05) is 0 Å². The Kier molecular flexibility index (Phi) is 15.1. The van der Waals surface area contributed by atoms with Crippen LogP contribution in [0.15, 0.2) is 0 Å².